The molecule has 0 aliphatic rings. The molecule has 0 N–H and O–H groups in total. The van der Waals surface area contributed by atoms with Crippen molar-refractivity contribution in [2.45, 2.75) is 16.7 Å². The highest BCUT2D eigenvalue weighted by Gasteiger charge is 2.16. The number of rotatable bonds is 4. The van der Waals surface area contributed by atoms with Gasteiger partial charge in [-0.25, -0.2) is 9.55 Å². The van der Waals surface area contributed by atoms with Gasteiger partial charge in [0.1, 0.15) is 11.5 Å². The van der Waals surface area contributed by atoms with Crippen molar-refractivity contribution in [3.05, 3.63) is 121 Å². The van der Waals surface area contributed by atoms with Crippen molar-refractivity contribution in [3.63, 3.8) is 0 Å². The summed E-state index contributed by atoms with van der Waals surface area (Å²) >= 11 is 1.79. The monoisotopic (exact) mass is 497 g/mol. The molecule has 0 fully saturated rings. The fourth-order valence-electron chi connectivity index (χ4n) is 5.21. The number of aryl methyl sites for hydroxylation is 2. The fraction of sp³-hybridized carbons (Fsp3) is 0.0625. The van der Waals surface area contributed by atoms with Crippen molar-refractivity contribution >= 4 is 44.6 Å². The molecular formula is C32H25N4S+. The highest BCUT2D eigenvalue weighted by atomic mass is 32.2. The Kier molecular flexibility index (Phi) is 5.11. The number of benzene rings is 4. The first-order chi connectivity index (χ1) is 18.2. The highest BCUT2D eigenvalue weighted by Crippen LogP contribution is 2.36. The zero-order valence-corrected chi connectivity index (χ0v) is 21.5. The van der Waals surface area contributed by atoms with E-state index in [-0.39, 0.29) is 0 Å². The number of hydrogen-bond donors (Lipinski definition) is 0. The van der Waals surface area contributed by atoms with Crippen LogP contribution in [0.2, 0.25) is 0 Å². The molecule has 0 aliphatic heterocycles. The van der Waals surface area contributed by atoms with Gasteiger partial charge in [-0.05, 0) is 73.2 Å². The molecule has 0 bridgehead atoms. The van der Waals surface area contributed by atoms with E-state index in [0.717, 1.165) is 11.5 Å². The molecule has 0 saturated heterocycles. The normalized spacial score (nSPS) is 11.6. The molecule has 3 heterocycles. The molecule has 37 heavy (non-hydrogen) atoms. The van der Waals surface area contributed by atoms with Crippen LogP contribution in [0.5, 0.6) is 0 Å². The molecule has 0 aliphatic carbocycles. The molecule has 0 saturated carbocycles. The van der Waals surface area contributed by atoms with E-state index in [1.54, 1.807) is 11.8 Å². The van der Waals surface area contributed by atoms with E-state index in [4.69, 9.17) is 4.98 Å². The maximum absolute atomic E-state index is 4.72. The first kappa shape index (κ1) is 21.9. The van der Waals surface area contributed by atoms with Crippen molar-refractivity contribution in [1.82, 2.24) is 14.1 Å². The third-order valence-electron chi connectivity index (χ3n) is 6.92. The molecule has 0 spiro atoms. The Labute approximate surface area is 219 Å². The van der Waals surface area contributed by atoms with E-state index in [1.165, 1.54) is 48.2 Å². The van der Waals surface area contributed by atoms with Gasteiger partial charge >= 0.3 is 0 Å². The number of pyridine rings is 1. The first-order valence-electron chi connectivity index (χ1n) is 12.4. The minimum Gasteiger partial charge on any atom is -0.294 e. The van der Waals surface area contributed by atoms with E-state index in [2.05, 4.69) is 131 Å². The lowest BCUT2D eigenvalue weighted by atomic mass is 10.2. The molecule has 0 unspecified atom stereocenters. The molecular weight excluding hydrogens is 472 g/mol. The average molecular weight is 498 g/mol. The Morgan fingerprint density at radius 3 is 2.38 bits per heavy atom. The fourth-order valence-corrected chi connectivity index (χ4v) is 6.11. The lowest BCUT2D eigenvalue weighted by Crippen LogP contribution is -2.25. The van der Waals surface area contributed by atoms with Gasteiger partial charge in [0.2, 0.25) is 6.33 Å². The number of hydrogen-bond acceptors (Lipinski definition) is 2. The van der Waals surface area contributed by atoms with Crippen LogP contribution < -0.4 is 4.57 Å². The predicted molar refractivity (Wildman–Crippen MR) is 152 cm³/mol. The summed E-state index contributed by atoms with van der Waals surface area (Å²) in [5, 5.41) is 2.48. The number of para-hydroxylation sites is 3. The van der Waals surface area contributed by atoms with E-state index in [0.29, 0.717) is 0 Å². The number of nitrogens with zero attached hydrogens (tertiary/aromatic N) is 4. The highest BCUT2D eigenvalue weighted by molar-refractivity contribution is 7.99. The Balaban J connectivity index is 1.33. The van der Waals surface area contributed by atoms with Crippen molar-refractivity contribution in [2.75, 3.05) is 0 Å². The molecule has 0 radical (unpaired) electrons. The molecule has 3 aromatic heterocycles. The Bertz CT molecular complexity index is 1950. The van der Waals surface area contributed by atoms with Crippen LogP contribution in [-0.2, 0) is 7.05 Å². The van der Waals surface area contributed by atoms with Crippen LogP contribution in [0.15, 0.2) is 125 Å². The van der Waals surface area contributed by atoms with Gasteiger partial charge in [0.25, 0.3) is 0 Å². The lowest BCUT2D eigenvalue weighted by Gasteiger charge is -2.09. The first-order valence-corrected chi connectivity index (χ1v) is 13.2. The zero-order valence-electron chi connectivity index (χ0n) is 20.7. The largest absolute Gasteiger partial charge is 0.294 e. The molecule has 7 rings (SSSR count). The summed E-state index contributed by atoms with van der Waals surface area (Å²) in [5.41, 5.74) is 7.11. The molecule has 0 amide bonds. The van der Waals surface area contributed by atoms with Crippen LogP contribution >= 0.6 is 11.8 Å². The van der Waals surface area contributed by atoms with Crippen molar-refractivity contribution in [3.8, 4) is 11.5 Å². The number of fused-ring (bicyclic) bond motifs is 4. The maximum Gasteiger partial charge on any atom is 0.249 e. The van der Waals surface area contributed by atoms with Crippen molar-refractivity contribution < 1.29 is 4.57 Å². The molecule has 4 nitrogen and oxygen atoms in total. The van der Waals surface area contributed by atoms with Gasteiger partial charge in [0, 0.05) is 26.8 Å². The Morgan fingerprint density at radius 2 is 1.49 bits per heavy atom. The van der Waals surface area contributed by atoms with Crippen LogP contribution in [0, 0.1) is 6.92 Å². The van der Waals surface area contributed by atoms with E-state index >= 15 is 0 Å². The summed E-state index contributed by atoms with van der Waals surface area (Å²) in [6.07, 6.45) is 4.04. The van der Waals surface area contributed by atoms with Crippen LogP contribution in [0.1, 0.15) is 5.56 Å². The van der Waals surface area contributed by atoms with Crippen LogP contribution in [0.4, 0.5) is 0 Å². The summed E-state index contributed by atoms with van der Waals surface area (Å²) in [5.74, 6) is 0.947. The van der Waals surface area contributed by atoms with Crippen LogP contribution in [-0.4, -0.2) is 14.1 Å². The van der Waals surface area contributed by atoms with Gasteiger partial charge in [-0.1, -0.05) is 54.2 Å². The number of aromatic nitrogens is 4. The van der Waals surface area contributed by atoms with Crippen molar-refractivity contribution in [1.29, 1.82) is 0 Å². The lowest BCUT2D eigenvalue weighted by molar-refractivity contribution is -0.645. The van der Waals surface area contributed by atoms with E-state index in [1.807, 2.05) is 12.3 Å². The molecule has 4 aromatic carbocycles. The Morgan fingerprint density at radius 1 is 0.703 bits per heavy atom. The predicted octanol–water partition coefficient (Wildman–Crippen LogP) is 7.41. The van der Waals surface area contributed by atoms with Crippen LogP contribution in [0.25, 0.3) is 44.3 Å². The zero-order chi connectivity index (χ0) is 24.9. The van der Waals surface area contributed by atoms with Crippen LogP contribution in [0.3, 0.4) is 0 Å². The minimum absolute atomic E-state index is 0.947. The van der Waals surface area contributed by atoms with E-state index in [9.17, 15) is 0 Å². The van der Waals surface area contributed by atoms with E-state index < -0.39 is 0 Å². The third kappa shape index (κ3) is 3.71. The second-order valence-electron chi connectivity index (χ2n) is 9.41. The SMILES string of the molecule is Cc1ccnc(-n2c3ccccc3c3ccc(Sc4cccc(-n5c[n+](C)c6ccccc65)c4)cc32)c1. The average Bonchev–Trinajstić information content (AvgIpc) is 3.43. The quantitative estimate of drug-likeness (QED) is 0.237. The third-order valence-corrected chi connectivity index (χ3v) is 7.90. The molecule has 7 aromatic rings. The second-order valence-corrected chi connectivity index (χ2v) is 10.6. The number of imidazole rings is 1. The summed E-state index contributed by atoms with van der Waals surface area (Å²) in [4.78, 5) is 7.12. The summed E-state index contributed by atoms with van der Waals surface area (Å²) in [6.45, 7) is 2.11. The molecule has 5 heteroatoms. The second kappa shape index (κ2) is 8.64. The van der Waals surface area contributed by atoms with Crippen molar-refractivity contribution in [2.24, 2.45) is 7.05 Å². The molecule has 178 valence electrons. The van der Waals surface area contributed by atoms with Gasteiger partial charge in [-0.15, -0.1) is 0 Å². The summed E-state index contributed by atoms with van der Waals surface area (Å²) in [7, 11) is 2.09. The molecule has 0 atom stereocenters. The van der Waals surface area contributed by atoms with Gasteiger partial charge in [0.15, 0.2) is 11.0 Å². The summed E-state index contributed by atoms with van der Waals surface area (Å²) in [6, 6.07) is 36.8. The maximum atomic E-state index is 4.72. The van der Waals surface area contributed by atoms with Gasteiger partial charge in [-0.3, -0.25) is 4.57 Å². The standard InChI is InChI=1S/C32H25N4S/c1-22-16-17-33-32(18-22)36-28-11-4-3-10-26(28)27-15-14-25(20-31(27)36)37-24-9-7-8-23(19-24)35-21-34(2)29-12-5-6-13-30(29)35/h3-21H,1-2H3/q+1. The van der Waals surface area contributed by atoms with Gasteiger partial charge < -0.3 is 0 Å². The van der Waals surface area contributed by atoms with Gasteiger partial charge in [0.05, 0.1) is 18.1 Å². The topological polar surface area (TPSA) is 26.6 Å². The smallest absolute Gasteiger partial charge is 0.249 e. The Hall–Kier alpha value is -4.35. The minimum atomic E-state index is 0.947. The summed E-state index contributed by atoms with van der Waals surface area (Å²) < 4.78 is 6.70. The van der Waals surface area contributed by atoms with Gasteiger partial charge in [-0.2, -0.15) is 4.57 Å².